The molecule has 0 radical (unpaired) electrons. The van der Waals surface area contributed by atoms with Crippen LogP contribution in [0.4, 0.5) is 14.4 Å². The molecule has 7 aromatic rings. The van der Waals surface area contributed by atoms with Crippen LogP contribution in [0.25, 0.3) is 0 Å². The molecule has 0 aliphatic carbocycles. The zero-order chi connectivity index (χ0) is 64.8. The fraction of sp³-hybridized carbons (Fsp3) is 0.314. The fourth-order valence-corrected chi connectivity index (χ4v) is 9.96. The van der Waals surface area contributed by atoms with Gasteiger partial charge in [0.15, 0.2) is 0 Å². The van der Waals surface area contributed by atoms with Gasteiger partial charge in [-0.1, -0.05) is 229 Å². The molecule has 6 amide bonds. The number of benzene rings is 7. The van der Waals surface area contributed by atoms with Gasteiger partial charge in [-0.25, -0.2) is 29.1 Å². The highest BCUT2D eigenvalue weighted by molar-refractivity contribution is 9.93. The Morgan fingerprint density at radius 3 is 1.09 bits per heavy atom. The molecule has 0 spiro atoms. The Kier molecular flexibility index (Phi) is 32.0. The fourth-order valence-electron chi connectivity index (χ4n) is 9.59. The normalized spacial score (nSPS) is 16.2. The molecule has 2 N–H and O–H groups in total. The summed E-state index contributed by atoms with van der Waals surface area (Å²) >= 11 is 12.9. The molecule has 7 aromatic carbocycles. The Morgan fingerprint density at radius 1 is 0.483 bits per heavy atom. The Bertz CT molecular complexity index is 3110. The van der Waals surface area contributed by atoms with E-state index in [1.807, 2.05) is 160 Å². The smallest absolute Gasteiger partial charge is 0.416 e. The van der Waals surface area contributed by atoms with Crippen LogP contribution in [0.5, 0.6) is 5.75 Å². The van der Waals surface area contributed by atoms with Gasteiger partial charge >= 0.3 is 18.3 Å². The minimum Gasteiger partial charge on any atom is -0.508 e. The first-order valence-electron chi connectivity index (χ1n) is 29.2. The van der Waals surface area contributed by atoms with Crippen molar-refractivity contribution in [1.82, 2.24) is 14.7 Å². The van der Waals surface area contributed by atoms with Gasteiger partial charge in [0, 0.05) is 25.0 Å². The number of aromatic hydroxyl groups is 1. The summed E-state index contributed by atoms with van der Waals surface area (Å²) < 4.78 is 15.0. The van der Waals surface area contributed by atoms with Crippen molar-refractivity contribution >= 4 is 102 Å². The molecular weight excluding hydrogens is 1410 g/mol. The van der Waals surface area contributed by atoms with Crippen LogP contribution in [0, 0.1) is 32.6 Å². The molecule has 10 rings (SSSR count). The average Bonchev–Trinajstić information content (AvgIpc) is 2.17. The van der Waals surface area contributed by atoms with Crippen molar-refractivity contribution < 1.29 is 54.6 Å². The van der Waals surface area contributed by atoms with Gasteiger partial charge < -0.3 is 24.4 Å². The number of phenols is 1. The van der Waals surface area contributed by atoms with E-state index in [9.17, 15) is 33.9 Å². The number of cyclic esters (lactones) is 3. The predicted octanol–water partition coefficient (Wildman–Crippen LogP) is 16.9. The molecule has 3 aliphatic heterocycles. The lowest BCUT2D eigenvalue weighted by Gasteiger charge is -2.23. The molecular formula is C70H80Br4N3O11P. The summed E-state index contributed by atoms with van der Waals surface area (Å²) in [5.74, 6) is -0.997. The van der Waals surface area contributed by atoms with E-state index in [1.165, 1.54) is 37.0 Å². The molecule has 14 nitrogen and oxygen atoms in total. The zero-order valence-electron chi connectivity index (χ0n) is 50.9. The van der Waals surface area contributed by atoms with Gasteiger partial charge in [0.05, 0.1) is 24.7 Å². The quantitative estimate of drug-likeness (QED) is 0.0566. The number of carbonyl (C=O) groups excluding carboxylic acids is 6. The minimum atomic E-state index is -0.566. The van der Waals surface area contributed by atoms with Crippen molar-refractivity contribution in [2.24, 2.45) is 11.8 Å². The van der Waals surface area contributed by atoms with Crippen LogP contribution in [0.15, 0.2) is 188 Å². The molecule has 3 aliphatic rings. The van der Waals surface area contributed by atoms with Crippen LogP contribution in [-0.2, 0) is 72.6 Å². The summed E-state index contributed by atoms with van der Waals surface area (Å²) in [6.45, 7) is 12.5. The summed E-state index contributed by atoms with van der Waals surface area (Å²) in [6.07, 6.45) is 1.68. The molecule has 0 bridgehead atoms. The summed E-state index contributed by atoms with van der Waals surface area (Å²) in [6, 6.07) is 60.0. The number of nitrogens with zero attached hydrogens (tertiary/aromatic N) is 3. The number of alkyl halides is 1. The lowest BCUT2D eigenvalue weighted by Crippen LogP contribution is -2.43. The first-order chi connectivity index (χ1) is 42.7. The number of aryl methyl sites for hydroxylation is 3. The Morgan fingerprint density at radius 2 is 0.775 bits per heavy atom. The van der Waals surface area contributed by atoms with Gasteiger partial charge in [0.2, 0.25) is 17.7 Å². The molecule has 0 aromatic heterocycles. The maximum atomic E-state index is 12.9. The van der Waals surface area contributed by atoms with Gasteiger partial charge in [0.25, 0.3) is 0 Å². The number of ether oxygens (including phenoxy) is 3. The second kappa shape index (κ2) is 38.9. The molecule has 3 fully saturated rings. The summed E-state index contributed by atoms with van der Waals surface area (Å²) in [7, 11) is 0. The van der Waals surface area contributed by atoms with E-state index in [1.54, 1.807) is 38.1 Å². The maximum absolute atomic E-state index is 12.9. The number of hydrogen-bond acceptors (Lipinski definition) is 11. The largest absolute Gasteiger partial charge is 0.508 e. The van der Waals surface area contributed by atoms with Crippen LogP contribution in [-0.4, -0.2) is 98.9 Å². The van der Waals surface area contributed by atoms with Crippen LogP contribution >= 0.6 is 66.4 Å². The van der Waals surface area contributed by atoms with Crippen LogP contribution < -0.4 is 0 Å². The molecule has 89 heavy (non-hydrogen) atoms. The first-order valence-corrected chi connectivity index (χ1v) is 37.7. The Labute approximate surface area is 558 Å². The first kappa shape index (κ1) is 73.2. The van der Waals surface area contributed by atoms with E-state index >= 15 is 0 Å². The Hall–Kier alpha value is -6.53. The van der Waals surface area contributed by atoms with Crippen molar-refractivity contribution in [2.45, 2.75) is 110 Å². The average molecular weight is 1490 g/mol. The van der Waals surface area contributed by atoms with Gasteiger partial charge in [-0.2, -0.15) is 0 Å². The van der Waals surface area contributed by atoms with Crippen LogP contribution in [0.1, 0.15) is 84.3 Å². The summed E-state index contributed by atoms with van der Waals surface area (Å²) in [4.78, 5) is 76.7. The van der Waals surface area contributed by atoms with E-state index < -0.39 is 18.3 Å². The van der Waals surface area contributed by atoms with Crippen molar-refractivity contribution in [2.75, 3.05) is 19.8 Å². The standard InChI is InChI=1S/C21H23NO3.C20H21NO4.C13H15NO3.C8H9Br.C8H10O.Br3P.H2/c1-15-8-10-18(11-9-15)12-16(2)20(23)22-19(14-25-21(22)24)13-17-6-4-3-5-7-17;1-14(11-16-7-9-18(22)10-8-16)19(23)21-17(13-25-20(21)24)12-15-5-3-2-4-6-15;1-2-12(15)14-11(9-17-13(14)16)8-10-6-4-3-5-7-10;2*1-7-2-4-8(6-9)5-3-7;1-4(2)3;/h3-11,16,19H,12-14H2,1-2H3;2-10,14,17,22H,11-13H2,1H3;3-7,11H,2,8-9H2,1H3;2-5H,6H2,1H3;2-5,9H,6H2,1H3;;1H/t16-,19-;14-,17-;11-;;;;/m111..../s1. The minimum absolute atomic E-state index is 0. The summed E-state index contributed by atoms with van der Waals surface area (Å²) in [5, 5.41) is 18.9. The Balaban J connectivity index is 0.000000248. The molecule has 3 saturated heterocycles. The van der Waals surface area contributed by atoms with Crippen molar-refractivity contribution in [1.29, 1.82) is 0 Å². The van der Waals surface area contributed by atoms with E-state index in [2.05, 4.69) is 93.6 Å². The van der Waals surface area contributed by atoms with E-state index in [-0.39, 0.29) is 78.7 Å². The molecule has 0 unspecified atom stereocenters. The zero-order valence-corrected chi connectivity index (χ0v) is 58.2. The highest BCUT2D eigenvalue weighted by Crippen LogP contribution is 2.59. The van der Waals surface area contributed by atoms with Crippen molar-refractivity contribution in [3.05, 3.63) is 244 Å². The number of hydrogen-bond donors (Lipinski definition) is 2. The molecule has 5 atom stereocenters. The van der Waals surface area contributed by atoms with Gasteiger partial charge in [-0.05, 0) is 150 Å². The van der Waals surface area contributed by atoms with Gasteiger partial charge in [-0.3, -0.25) is 14.4 Å². The summed E-state index contributed by atoms with van der Waals surface area (Å²) in [5.41, 5.74) is 11.3. The highest BCUT2D eigenvalue weighted by Gasteiger charge is 2.41. The topological polar surface area (TPSA) is 180 Å². The number of rotatable bonds is 15. The number of halogens is 4. The molecule has 3 heterocycles. The van der Waals surface area contributed by atoms with Gasteiger partial charge in [-0.15, -0.1) is 0 Å². The second-order valence-corrected chi connectivity index (χ2v) is 37.5. The monoisotopic (exact) mass is 1490 g/mol. The molecule has 19 heteroatoms. The van der Waals surface area contributed by atoms with E-state index in [0.717, 1.165) is 38.7 Å². The SMILES string of the molecule is BrP(Br)Br.CCC(=O)N1C(=O)OC[C@H]1Cc1ccccc1.C[C@H](Cc1ccc(O)cc1)C(=O)N1C(=O)OC[C@H]1Cc1ccccc1.Cc1ccc(CBr)cc1.Cc1ccc(CO)cc1.Cc1ccc(C[C@@H](C)C(=O)N2C(=O)OC[C@H]2Cc2ccccc2)cc1.[HH]. The lowest BCUT2D eigenvalue weighted by molar-refractivity contribution is -0.133. The number of phenolic OH excluding ortho intramolecular Hbond substituents is 1. The molecule has 0 saturated carbocycles. The third-order valence-corrected chi connectivity index (χ3v) is 15.1. The van der Waals surface area contributed by atoms with Crippen molar-refractivity contribution in [3.8, 4) is 5.75 Å². The number of imide groups is 3. The van der Waals surface area contributed by atoms with E-state index in [0.29, 0.717) is 45.1 Å². The predicted molar refractivity (Wildman–Crippen MR) is 368 cm³/mol. The van der Waals surface area contributed by atoms with Crippen LogP contribution in [0.2, 0.25) is 0 Å². The third kappa shape index (κ3) is 25.3. The van der Waals surface area contributed by atoms with E-state index in [4.69, 9.17) is 19.3 Å². The number of aliphatic hydroxyl groups excluding tert-OH is 1. The third-order valence-electron chi connectivity index (χ3n) is 14.4. The number of aliphatic hydroxyl groups is 1. The van der Waals surface area contributed by atoms with Crippen molar-refractivity contribution in [3.63, 3.8) is 0 Å². The lowest BCUT2D eigenvalue weighted by atomic mass is 9.98. The molecule has 474 valence electrons. The maximum Gasteiger partial charge on any atom is 0.416 e. The number of carbonyl (C=O) groups is 6. The van der Waals surface area contributed by atoms with Gasteiger partial charge in [0.1, 0.15) is 29.6 Å². The highest BCUT2D eigenvalue weighted by atomic mass is 80.0. The van der Waals surface area contributed by atoms with Crippen LogP contribution in [0.3, 0.4) is 0 Å². The number of amides is 6. The second-order valence-electron chi connectivity index (χ2n) is 21.6.